The molecule has 0 N–H and O–H groups in total. The summed E-state index contributed by atoms with van der Waals surface area (Å²) in [7, 11) is -12.9. The highest BCUT2D eigenvalue weighted by molar-refractivity contribution is 7.92. The Balaban J connectivity index is 1.70. The van der Waals surface area contributed by atoms with E-state index in [2.05, 4.69) is 0 Å². The Morgan fingerprint density at radius 1 is 0.600 bits per heavy atom. The van der Waals surface area contributed by atoms with Crippen molar-refractivity contribution in [3.8, 4) is 12.1 Å². The summed E-state index contributed by atoms with van der Waals surface area (Å²) < 4.78 is 86.2. The van der Waals surface area contributed by atoms with E-state index in [1.165, 1.54) is 48.5 Å². The molecule has 1 heterocycles. The number of nitrogens with zero attached hydrogens (tertiary/aromatic N) is 4. The Kier molecular flexibility index (Phi) is 9.20. The lowest BCUT2D eigenvalue weighted by atomic mass is 10.1. The van der Waals surface area contributed by atoms with E-state index in [0.29, 0.717) is 11.1 Å². The first-order chi connectivity index (χ1) is 21.4. The van der Waals surface area contributed by atoms with Crippen LogP contribution in [0.15, 0.2) is 119 Å². The van der Waals surface area contributed by atoms with Gasteiger partial charge in [0.2, 0.25) is 20.0 Å². The number of hydrogen-bond acceptors (Lipinski definition) is 8. The summed E-state index contributed by atoms with van der Waals surface area (Å²) in [6, 6.07) is 29.1. The molecule has 0 aromatic heterocycles. The van der Waals surface area contributed by atoms with E-state index in [1.54, 1.807) is 60.7 Å². The summed E-state index contributed by atoms with van der Waals surface area (Å²) in [5.41, 5.74) is 1.30. The minimum atomic E-state index is -4.47. The third-order valence-corrected chi connectivity index (χ3v) is 13.0. The molecule has 45 heavy (non-hydrogen) atoms. The van der Waals surface area contributed by atoms with Gasteiger partial charge in [0, 0.05) is 13.1 Å². The molecule has 5 rings (SSSR count). The molecule has 230 valence electrons. The van der Waals surface area contributed by atoms with E-state index in [4.69, 9.17) is 0 Å². The van der Waals surface area contributed by atoms with Crippen molar-refractivity contribution in [3.05, 3.63) is 131 Å². The van der Waals surface area contributed by atoms with Crippen LogP contribution in [-0.4, -0.2) is 57.5 Å². The van der Waals surface area contributed by atoms with Crippen molar-refractivity contribution in [1.29, 1.82) is 10.5 Å². The number of sulfonamides is 2. The van der Waals surface area contributed by atoms with E-state index in [1.807, 2.05) is 12.1 Å². The van der Waals surface area contributed by atoms with Gasteiger partial charge in [0.25, 0.3) is 0 Å². The Morgan fingerprint density at radius 2 is 0.978 bits per heavy atom. The molecule has 0 unspecified atom stereocenters. The Bertz CT molecular complexity index is 1960. The third kappa shape index (κ3) is 6.99. The lowest BCUT2D eigenvalue weighted by Crippen LogP contribution is -2.54. The molecule has 4 aromatic rings. The molecule has 0 spiro atoms. The minimum Gasteiger partial charge on any atom is -0.229 e. The maximum absolute atomic E-state index is 14.4. The molecule has 0 aliphatic carbocycles. The van der Waals surface area contributed by atoms with Crippen LogP contribution in [0.4, 0.5) is 0 Å². The standard InChI is InChI=1S/C32H28N4O6S3/c33-19-27-13-7-15-29(17-27)44(39,40)35(21-25-9-3-1-4-10-25)31-23-43(37,38)24-32(31)36(22-26-11-5-2-6-12-26)45(41,42)30-16-8-14-28(18-30)20-34/h1-18,31-32H,21-24H2/t31-,32+. The molecule has 1 saturated heterocycles. The molecule has 10 nitrogen and oxygen atoms in total. The largest absolute Gasteiger partial charge is 0.243 e. The summed E-state index contributed by atoms with van der Waals surface area (Å²) in [5.74, 6) is -1.25. The molecule has 13 heteroatoms. The van der Waals surface area contributed by atoms with Crippen LogP contribution < -0.4 is 0 Å². The number of hydrogen-bond donors (Lipinski definition) is 0. The number of sulfone groups is 1. The summed E-state index contributed by atoms with van der Waals surface area (Å²) in [5, 5.41) is 18.9. The zero-order valence-electron chi connectivity index (χ0n) is 23.8. The van der Waals surface area contributed by atoms with Crippen LogP contribution in [0.3, 0.4) is 0 Å². The van der Waals surface area contributed by atoms with Gasteiger partial charge in [-0.05, 0) is 47.5 Å². The van der Waals surface area contributed by atoms with Gasteiger partial charge >= 0.3 is 0 Å². The number of nitriles is 2. The fraction of sp³-hybridized carbons (Fsp3) is 0.188. The van der Waals surface area contributed by atoms with Crippen LogP contribution in [0.25, 0.3) is 0 Å². The maximum atomic E-state index is 14.4. The lowest BCUT2D eigenvalue weighted by Gasteiger charge is -2.37. The van der Waals surface area contributed by atoms with Crippen molar-refractivity contribution < 1.29 is 25.3 Å². The molecule has 2 atom stereocenters. The van der Waals surface area contributed by atoms with Crippen LogP contribution in [0.5, 0.6) is 0 Å². The van der Waals surface area contributed by atoms with E-state index in [9.17, 15) is 35.8 Å². The van der Waals surface area contributed by atoms with Crippen LogP contribution in [0.1, 0.15) is 22.3 Å². The molecule has 0 saturated carbocycles. The fourth-order valence-corrected chi connectivity index (χ4v) is 10.9. The van der Waals surface area contributed by atoms with Gasteiger partial charge < -0.3 is 0 Å². The Labute approximate surface area is 263 Å². The number of benzene rings is 4. The minimum absolute atomic E-state index is 0.0944. The molecule has 1 fully saturated rings. The summed E-state index contributed by atoms with van der Waals surface area (Å²) in [4.78, 5) is -0.445. The predicted molar refractivity (Wildman–Crippen MR) is 167 cm³/mol. The second kappa shape index (κ2) is 12.9. The van der Waals surface area contributed by atoms with Crippen molar-refractivity contribution >= 4 is 29.9 Å². The zero-order valence-corrected chi connectivity index (χ0v) is 26.3. The van der Waals surface area contributed by atoms with Gasteiger partial charge in [0.05, 0.1) is 56.6 Å². The highest BCUT2D eigenvalue weighted by Crippen LogP contribution is 2.34. The van der Waals surface area contributed by atoms with Crippen molar-refractivity contribution in [2.24, 2.45) is 0 Å². The van der Waals surface area contributed by atoms with E-state index in [0.717, 1.165) is 8.61 Å². The van der Waals surface area contributed by atoms with E-state index in [-0.39, 0.29) is 34.0 Å². The van der Waals surface area contributed by atoms with E-state index < -0.39 is 53.5 Å². The highest BCUT2D eigenvalue weighted by atomic mass is 32.2. The molecular formula is C32H28N4O6S3. The molecule has 4 aromatic carbocycles. The van der Waals surface area contributed by atoms with Crippen molar-refractivity contribution in [3.63, 3.8) is 0 Å². The van der Waals surface area contributed by atoms with Crippen LogP contribution >= 0.6 is 0 Å². The van der Waals surface area contributed by atoms with Crippen molar-refractivity contribution in [2.75, 3.05) is 11.5 Å². The topological polar surface area (TPSA) is 156 Å². The SMILES string of the molecule is N#Cc1cccc(S(=O)(=O)N(Cc2ccccc2)[C@@H]2CS(=O)(=O)C[C@@H]2N(Cc2ccccc2)S(=O)(=O)c2cccc(C#N)c2)c1. The smallest absolute Gasteiger partial charge is 0.229 e. The van der Waals surface area contributed by atoms with E-state index >= 15 is 0 Å². The Morgan fingerprint density at radius 3 is 1.33 bits per heavy atom. The van der Waals surface area contributed by atoms with Gasteiger partial charge in [0.15, 0.2) is 9.84 Å². The maximum Gasteiger partial charge on any atom is 0.243 e. The van der Waals surface area contributed by atoms with Gasteiger partial charge in [-0.1, -0.05) is 72.8 Å². The summed E-state index contributed by atoms with van der Waals surface area (Å²) in [6.07, 6.45) is 0. The van der Waals surface area contributed by atoms with Crippen LogP contribution in [0, 0.1) is 22.7 Å². The predicted octanol–water partition coefficient (Wildman–Crippen LogP) is 3.68. The average molecular weight is 661 g/mol. The van der Waals surface area contributed by atoms with Gasteiger partial charge in [-0.3, -0.25) is 0 Å². The van der Waals surface area contributed by atoms with Gasteiger partial charge in [-0.2, -0.15) is 19.1 Å². The second-order valence-corrected chi connectivity index (χ2v) is 16.5. The first-order valence-corrected chi connectivity index (χ1v) is 18.5. The first kappa shape index (κ1) is 32.0. The molecule has 1 aliphatic rings. The van der Waals surface area contributed by atoms with Crippen molar-refractivity contribution in [2.45, 2.75) is 35.0 Å². The lowest BCUT2D eigenvalue weighted by molar-refractivity contribution is 0.219. The molecule has 0 amide bonds. The van der Waals surface area contributed by atoms with Crippen LogP contribution in [-0.2, 0) is 43.0 Å². The average Bonchev–Trinajstić information content (AvgIpc) is 3.37. The van der Waals surface area contributed by atoms with Crippen molar-refractivity contribution in [1.82, 2.24) is 8.61 Å². The monoisotopic (exact) mass is 660 g/mol. The summed E-state index contributed by atoms with van der Waals surface area (Å²) in [6.45, 7) is -0.500. The Hall–Kier alpha value is -4.37. The number of rotatable bonds is 10. The van der Waals surface area contributed by atoms with Gasteiger partial charge in [-0.15, -0.1) is 0 Å². The fourth-order valence-electron chi connectivity index (χ4n) is 5.37. The summed E-state index contributed by atoms with van der Waals surface area (Å²) >= 11 is 0. The van der Waals surface area contributed by atoms with Crippen LogP contribution in [0.2, 0.25) is 0 Å². The molecule has 1 aliphatic heterocycles. The normalized spacial score (nSPS) is 18.0. The van der Waals surface area contributed by atoms with Gasteiger partial charge in [0.1, 0.15) is 0 Å². The first-order valence-electron chi connectivity index (χ1n) is 13.8. The molecule has 0 radical (unpaired) electrons. The highest BCUT2D eigenvalue weighted by Gasteiger charge is 2.50. The molecular weight excluding hydrogens is 633 g/mol. The zero-order chi connectivity index (χ0) is 32.2. The third-order valence-electron chi connectivity index (χ3n) is 7.54. The molecule has 0 bridgehead atoms. The quantitative estimate of drug-likeness (QED) is 0.249. The second-order valence-electron chi connectivity index (χ2n) is 10.6. The van der Waals surface area contributed by atoms with Gasteiger partial charge in [-0.25, -0.2) is 25.3 Å².